The summed E-state index contributed by atoms with van der Waals surface area (Å²) in [5, 5.41) is 160. The smallest absolute Gasteiger partial charge is 0.273 e. The molecule has 5 fully saturated rings. The predicted octanol–water partition coefficient (Wildman–Crippen LogP) is -1.55. The van der Waals surface area contributed by atoms with Gasteiger partial charge in [0.25, 0.3) is 11.4 Å². The highest BCUT2D eigenvalue weighted by molar-refractivity contribution is 5.85. The van der Waals surface area contributed by atoms with Gasteiger partial charge in [-0.15, -0.1) is 24.8 Å². The van der Waals surface area contributed by atoms with Crippen LogP contribution in [0.1, 0.15) is 22.3 Å². The Labute approximate surface area is 525 Å². The molecule has 9 rings (SSSR count). The number of hydrogen-bond donors (Lipinski definition) is 17. The Bertz CT molecular complexity index is 2740. The highest BCUT2D eigenvalue weighted by Gasteiger charge is 2.39. The molecule has 502 valence electrons. The van der Waals surface area contributed by atoms with Gasteiger partial charge in [-0.05, 0) is 41.3 Å². The van der Waals surface area contributed by atoms with Crippen molar-refractivity contribution in [2.24, 2.45) is 29.6 Å². The van der Waals surface area contributed by atoms with Gasteiger partial charge in [-0.25, -0.2) is 13.2 Å². The number of alkyl halides is 1. The van der Waals surface area contributed by atoms with Gasteiger partial charge in [0.1, 0.15) is 17.8 Å². The number of β-amino-alcohol motifs (C(OH)–C–C–N with tert-alkyl or cyclic N) is 4. The second kappa shape index (κ2) is 38.8. The molecular formula is C58H87Cl2F3N8O18. The monoisotopic (exact) mass is 1310 g/mol. The topological polar surface area (TPSA) is 429 Å². The van der Waals surface area contributed by atoms with Gasteiger partial charge in [0.2, 0.25) is 0 Å². The molecule has 5 aliphatic rings. The first-order chi connectivity index (χ1) is 41.4. The lowest BCUT2D eigenvalue weighted by Crippen LogP contribution is -2.58. The van der Waals surface area contributed by atoms with E-state index in [1.54, 1.807) is 35.2 Å². The molecule has 0 aromatic heterocycles. The van der Waals surface area contributed by atoms with Crippen molar-refractivity contribution in [2.45, 2.75) is 93.2 Å². The van der Waals surface area contributed by atoms with E-state index in [1.807, 2.05) is 34.1 Å². The van der Waals surface area contributed by atoms with E-state index in [2.05, 4.69) is 10.6 Å². The van der Waals surface area contributed by atoms with E-state index in [9.17, 15) is 94.7 Å². The molecule has 0 spiro atoms. The van der Waals surface area contributed by atoms with Crippen molar-refractivity contribution in [3.05, 3.63) is 145 Å². The number of nitro benzene ring substituents is 2. The maximum atomic E-state index is 13.6. The van der Waals surface area contributed by atoms with Gasteiger partial charge in [-0.1, -0.05) is 48.5 Å². The molecule has 5 heterocycles. The van der Waals surface area contributed by atoms with Crippen molar-refractivity contribution < 1.29 is 94.5 Å². The zero-order valence-corrected chi connectivity index (χ0v) is 50.4. The van der Waals surface area contributed by atoms with Crippen LogP contribution in [-0.2, 0) is 26.1 Å². The minimum Gasteiger partial charge on any atom is -0.399 e. The fourth-order valence-electron chi connectivity index (χ4n) is 11.1. The second-order valence-corrected chi connectivity index (χ2v) is 22.6. The number of nitrogens with one attached hydrogen (secondary N) is 2. The van der Waals surface area contributed by atoms with E-state index in [0.29, 0.717) is 69.2 Å². The number of rotatable bonds is 15. The summed E-state index contributed by atoms with van der Waals surface area (Å²) in [7, 11) is 0. The van der Waals surface area contributed by atoms with Crippen LogP contribution in [0.2, 0.25) is 0 Å². The standard InChI is InChI=1S/C13H17F2NO3.2C13H18N2O5.C13H20N2O3.C6H12FNO2.2ClH/c14-8-2-1-7(10(15)4-8)3-11-9(6-17)13(19)12(18)5-16-11;16-8-10-6-14(7-12(17)13(10)18)5-9-2-1-3-11(4-9)15(19)20;16-8-10-6-14(7-12(17)13(10)18)5-9-3-1-2-4-11(9)15(19)20;14-11-3-1-2-9(4-11)5-15-6-10(8-16)13(18)12(17)7-15;7-5-2-8-1-4(3-9)6(5)10;;/h1-2,4,9,11-13,16-19H,3,5-6H2;2*1-4,10,12-13,16-18H,5-8H2;1-4,10,12-13,16-18H,5-8,14H2;4-6,8-10H,1-3H2;2*1H/t9-,11-,12+,13+;3*10-,12-,13-;4-,5+,6-;;/m01111../s1. The Morgan fingerprint density at radius 3 is 1.49 bits per heavy atom. The van der Waals surface area contributed by atoms with Gasteiger partial charge in [0.15, 0.2) is 0 Å². The number of hydrogen-bond acceptors (Lipinski definition) is 24. The summed E-state index contributed by atoms with van der Waals surface area (Å²) in [6.45, 7) is 3.54. The zero-order valence-electron chi connectivity index (χ0n) is 48.8. The number of nitrogens with two attached hydrogens (primary N) is 1. The zero-order chi connectivity index (χ0) is 64.1. The van der Waals surface area contributed by atoms with Crippen LogP contribution in [0.3, 0.4) is 0 Å². The van der Waals surface area contributed by atoms with E-state index in [1.165, 1.54) is 30.3 Å². The minimum atomic E-state index is -1.23. The molecule has 0 radical (unpaired) electrons. The number of likely N-dealkylation sites (tertiary alicyclic amines) is 3. The van der Waals surface area contributed by atoms with E-state index >= 15 is 0 Å². The summed E-state index contributed by atoms with van der Waals surface area (Å²) in [4.78, 5) is 26.5. The Morgan fingerprint density at radius 2 is 1.02 bits per heavy atom. The van der Waals surface area contributed by atoms with Crippen LogP contribution in [0.5, 0.6) is 0 Å². The summed E-state index contributed by atoms with van der Waals surface area (Å²) in [6.07, 6.45) is -9.43. The number of non-ortho nitro benzene ring substituents is 1. The van der Waals surface area contributed by atoms with Crippen LogP contribution < -0.4 is 16.4 Å². The summed E-state index contributed by atoms with van der Waals surface area (Å²) in [5.41, 5.74) is 9.18. The van der Waals surface area contributed by atoms with E-state index in [0.717, 1.165) is 17.2 Å². The van der Waals surface area contributed by atoms with Gasteiger partial charge >= 0.3 is 0 Å². The van der Waals surface area contributed by atoms with Crippen LogP contribution in [0.15, 0.2) is 91.0 Å². The molecule has 0 unspecified atom stereocenters. The SMILES string of the molecule is Cl.Cl.Nc1cccc(CN2C[C@H](CO)[C@@H](O)[C@H](O)C2)c1.O=[N+]([O-])c1cccc(CN2C[C@H](CO)[C@@H](O)[C@H](O)C2)c1.O=[N+]([O-])c1ccccc1CN1C[C@H](CO)[C@@H](O)[C@H](O)C1.OC[C@@H]1[C@@H](O)[C@H](O)CN[C@H]1Cc1ccc(F)cc1F.OC[C@H]1CNC[C@H](F)[C@@H]1O. The van der Waals surface area contributed by atoms with Crippen molar-refractivity contribution in [1.29, 1.82) is 0 Å². The van der Waals surface area contributed by atoms with E-state index < -0.39 is 100 Å². The number of aliphatic hydroxyl groups excluding tert-OH is 14. The van der Waals surface area contributed by atoms with Gasteiger partial charge in [0, 0.05) is 183 Å². The molecule has 4 aromatic carbocycles. The average molecular weight is 1310 g/mol. The summed E-state index contributed by atoms with van der Waals surface area (Å²) < 4.78 is 39.0. The van der Waals surface area contributed by atoms with Crippen molar-refractivity contribution in [1.82, 2.24) is 25.3 Å². The average Bonchev–Trinajstić information content (AvgIpc) is 3.70. The molecule has 0 aliphatic carbocycles. The van der Waals surface area contributed by atoms with Crippen LogP contribution in [-0.4, -0.2) is 255 Å². The number of anilines is 1. The predicted molar refractivity (Wildman–Crippen MR) is 324 cm³/mol. The van der Waals surface area contributed by atoms with Crippen molar-refractivity contribution in [3.8, 4) is 0 Å². The van der Waals surface area contributed by atoms with E-state index in [-0.39, 0.29) is 120 Å². The first-order valence-corrected chi connectivity index (χ1v) is 28.6. The molecule has 26 nitrogen and oxygen atoms in total. The number of nitrogen functional groups attached to an aromatic ring is 1. The van der Waals surface area contributed by atoms with Gasteiger partial charge in [0.05, 0.1) is 64.8 Å². The minimum absolute atomic E-state index is 0. The first kappa shape index (κ1) is 78.3. The van der Waals surface area contributed by atoms with Crippen LogP contribution in [0, 0.1) is 61.5 Å². The number of aliphatic hydroxyl groups is 14. The number of piperidine rings is 5. The first-order valence-electron chi connectivity index (χ1n) is 28.6. The quantitative estimate of drug-likeness (QED) is 0.0364. The Hall–Kier alpha value is -4.91. The number of halogens is 5. The third-order valence-corrected chi connectivity index (χ3v) is 16.1. The lowest BCUT2D eigenvalue weighted by Gasteiger charge is -2.38. The Morgan fingerprint density at radius 1 is 0.517 bits per heavy atom. The second-order valence-electron chi connectivity index (χ2n) is 22.6. The third kappa shape index (κ3) is 23.6. The largest absolute Gasteiger partial charge is 0.399 e. The number of benzene rings is 4. The number of para-hydroxylation sites is 1. The van der Waals surface area contributed by atoms with E-state index in [4.69, 9.17) is 15.9 Å². The van der Waals surface area contributed by atoms with Crippen LogP contribution in [0.4, 0.5) is 30.2 Å². The van der Waals surface area contributed by atoms with Crippen molar-refractivity contribution in [2.75, 3.05) is 97.7 Å². The van der Waals surface area contributed by atoms with Gasteiger partial charge in [-0.3, -0.25) is 34.9 Å². The third-order valence-electron chi connectivity index (χ3n) is 16.1. The van der Waals surface area contributed by atoms with Crippen molar-refractivity contribution >= 4 is 41.9 Å². The molecule has 0 saturated carbocycles. The number of nitrogens with zero attached hydrogens (tertiary/aromatic N) is 5. The molecule has 31 heteroatoms. The number of nitro groups is 2. The molecule has 89 heavy (non-hydrogen) atoms. The lowest BCUT2D eigenvalue weighted by atomic mass is 9.84. The maximum Gasteiger partial charge on any atom is 0.273 e. The highest BCUT2D eigenvalue weighted by atomic mass is 35.5. The molecule has 0 bridgehead atoms. The summed E-state index contributed by atoms with van der Waals surface area (Å²) >= 11 is 0. The summed E-state index contributed by atoms with van der Waals surface area (Å²) in [6, 6.07) is 23.3. The molecule has 16 atom stereocenters. The normalized spacial score (nSPS) is 29.7. The molecular weight excluding hydrogens is 1220 g/mol. The highest BCUT2D eigenvalue weighted by Crippen LogP contribution is 2.27. The Kier molecular flexibility index (Phi) is 34.2. The maximum absolute atomic E-state index is 13.6. The molecule has 5 aliphatic heterocycles. The molecule has 0 amide bonds. The molecule has 18 N–H and O–H groups in total. The fourth-order valence-corrected chi connectivity index (χ4v) is 11.1. The van der Waals surface area contributed by atoms with Gasteiger partial charge < -0.3 is 87.9 Å². The summed E-state index contributed by atoms with van der Waals surface area (Å²) in [5.74, 6) is -3.38. The lowest BCUT2D eigenvalue weighted by molar-refractivity contribution is -0.385. The van der Waals surface area contributed by atoms with Crippen molar-refractivity contribution in [3.63, 3.8) is 0 Å². The fraction of sp³-hybridized carbons (Fsp3) is 0.586. The van der Waals surface area contributed by atoms with Gasteiger partial charge in [-0.2, -0.15) is 0 Å². The molecule has 5 saturated heterocycles. The van der Waals surface area contributed by atoms with Crippen LogP contribution in [0.25, 0.3) is 0 Å². The Balaban J connectivity index is 0.000000293. The molecule has 4 aromatic rings. The van der Waals surface area contributed by atoms with Crippen LogP contribution >= 0.6 is 24.8 Å².